The van der Waals surface area contributed by atoms with Crippen LogP contribution in [0.3, 0.4) is 0 Å². The van der Waals surface area contributed by atoms with Crippen LogP contribution < -0.4 is 5.73 Å². The number of aryl methyl sites for hydroxylation is 1. The lowest BCUT2D eigenvalue weighted by atomic mass is 10.3. The molecule has 0 unspecified atom stereocenters. The van der Waals surface area contributed by atoms with E-state index in [0.717, 1.165) is 22.8 Å². The van der Waals surface area contributed by atoms with Gasteiger partial charge < -0.3 is 5.73 Å². The van der Waals surface area contributed by atoms with Crippen LogP contribution in [-0.2, 0) is 6.42 Å². The van der Waals surface area contributed by atoms with Crippen LogP contribution in [0.25, 0.3) is 5.65 Å². The quantitative estimate of drug-likeness (QED) is 0.758. The second-order valence-corrected chi connectivity index (χ2v) is 3.27. The van der Waals surface area contributed by atoms with Crippen molar-refractivity contribution in [3.63, 3.8) is 0 Å². The van der Waals surface area contributed by atoms with Crippen molar-refractivity contribution in [1.29, 1.82) is 0 Å². The summed E-state index contributed by atoms with van der Waals surface area (Å²) in [5, 5.41) is 0.736. The van der Waals surface area contributed by atoms with Crippen LogP contribution in [0.4, 0.5) is 5.82 Å². The highest BCUT2D eigenvalue weighted by atomic mass is 35.5. The molecule has 2 N–H and O–H groups in total. The zero-order valence-electron chi connectivity index (χ0n) is 7.29. The summed E-state index contributed by atoms with van der Waals surface area (Å²) in [4.78, 5) is 4.15. The van der Waals surface area contributed by atoms with Gasteiger partial charge in [-0.2, -0.15) is 0 Å². The van der Waals surface area contributed by atoms with E-state index < -0.39 is 0 Å². The maximum atomic E-state index is 6.03. The Kier molecular flexibility index (Phi) is 1.88. The van der Waals surface area contributed by atoms with Gasteiger partial charge in [0.25, 0.3) is 0 Å². The molecule has 0 bridgehead atoms. The molecule has 0 fully saturated rings. The van der Waals surface area contributed by atoms with E-state index >= 15 is 0 Å². The third-order valence-corrected chi connectivity index (χ3v) is 2.42. The van der Waals surface area contributed by atoms with E-state index in [9.17, 15) is 0 Å². The summed E-state index contributed by atoms with van der Waals surface area (Å²) in [5.41, 5.74) is 7.62. The van der Waals surface area contributed by atoms with Gasteiger partial charge >= 0.3 is 0 Å². The SMILES string of the molecule is CCc1c(Cl)ccc2ncc(N)n12. The fourth-order valence-corrected chi connectivity index (χ4v) is 1.75. The van der Waals surface area contributed by atoms with E-state index in [0.29, 0.717) is 5.82 Å². The summed E-state index contributed by atoms with van der Waals surface area (Å²) in [6.07, 6.45) is 2.49. The Morgan fingerprint density at radius 3 is 3.00 bits per heavy atom. The Bertz CT molecular complexity index is 447. The van der Waals surface area contributed by atoms with Crippen molar-refractivity contribution in [3.05, 3.63) is 29.0 Å². The lowest BCUT2D eigenvalue weighted by molar-refractivity contribution is 0.987. The number of nitrogens with zero attached hydrogens (tertiary/aromatic N) is 2. The average molecular weight is 196 g/mol. The second-order valence-electron chi connectivity index (χ2n) is 2.86. The first-order chi connectivity index (χ1) is 6.24. The van der Waals surface area contributed by atoms with E-state index in [1.807, 2.05) is 23.5 Å². The standard InChI is InChI=1S/C9H10ClN3/c1-2-7-6(10)3-4-9-12-5-8(11)13(7)9/h3-5H,2,11H2,1H3. The van der Waals surface area contributed by atoms with Crippen molar-refractivity contribution >= 4 is 23.1 Å². The van der Waals surface area contributed by atoms with Crippen molar-refractivity contribution < 1.29 is 0 Å². The smallest absolute Gasteiger partial charge is 0.138 e. The summed E-state index contributed by atoms with van der Waals surface area (Å²) in [7, 11) is 0. The number of pyridine rings is 1. The van der Waals surface area contributed by atoms with Gasteiger partial charge in [0.2, 0.25) is 0 Å². The minimum Gasteiger partial charge on any atom is -0.383 e. The molecule has 2 heterocycles. The lowest BCUT2D eigenvalue weighted by Gasteiger charge is -2.06. The normalized spacial score (nSPS) is 10.9. The molecule has 13 heavy (non-hydrogen) atoms. The first-order valence-corrected chi connectivity index (χ1v) is 4.52. The summed E-state index contributed by atoms with van der Waals surface area (Å²) in [6.45, 7) is 2.04. The van der Waals surface area contributed by atoms with Gasteiger partial charge in [-0.15, -0.1) is 0 Å². The van der Waals surface area contributed by atoms with Gasteiger partial charge in [0.05, 0.1) is 11.2 Å². The maximum absolute atomic E-state index is 6.03. The molecule has 0 aliphatic rings. The van der Waals surface area contributed by atoms with Crippen LogP contribution in [0.2, 0.25) is 5.02 Å². The van der Waals surface area contributed by atoms with Gasteiger partial charge in [0.1, 0.15) is 11.5 Å². The molecular formula is C9H10ClN3. The van der Waals surface area contributed by atoms with Crippen LogP contribution in [0.1, 0.15) is 12.6 Å². The minimum absolute atomic E-state index is 0.634. The molecule has 4 heteroatoms. The second kappa shape index (κ2) is 2.92. The molecule has 2 rings (SSSR count). The molecule has 0 spiro atoms. The number of hydrogen-bond acceptors (Lipinski definition) is 2. The van der Waals surface area contributed by atoms with Crippen LogP contribution in [0.15, 0.2) is 18.3 Å². The van der Waals surface area contributed by atoms with Crippen molar-refractivity contribution in [2.24, 2.45) is 0 Å². The molecule has 0 saturated heterocycles. The molecule has 0 radical (unpaired) electrons. The lowest BCUT2D eigenvalue weighted by Crippen LogP contribution is -2.00. The van der Waals surface area contributed by atoms with E-state index in [-0.39, 0.29) is 0 Å². The highest BCUT2D eigenvalue weighted by molar-refractivity contribution is 6.31. The zero-order chi connectivity index (χ0) is 9.42. The molecule has 0 amide bonds. The van der Waals surface area contributed by atoms with Crippen molar-refractivity contribution in [2.45, 2.75) is 13.3 Å². The van der Waals surface area contributed by atoms with Crippen molar-refractivity contribution in [1.82, 2.24) is 9.38 Å². The third-order valence-electron chi connectivity index (χ3n) is 2.08. The van der Waals surface area contributed by atoms with E-state index in [4.69, 9.17) is 17.3 Å². The first kappa shape index (κ1) is 8.38. The average Bonchev–Trinajstić information content (AvgIpc) is 2.49. The van der Waals surface area contributed by atoms with Crippen molar-refractivity contribution in [2.75, 3.05) is 5.73 Å². The van der Waals surface area contributed by atoms with Gasteiger partial charge in [-0.3, -0.25) is 4.40 Å². The van der Waals surface area contributed by atoms with Gasteiger partial charge in [-0.25, -0.2) is 4.98 Å². The molecule has 3 nitrogen and oxygen atoms in total. The molecule has 0 aliphatic carbocycles. The largest absolute Gasteiger partial charge is 0.383 e. The Morgan fingerprint density at radius 1 is 1.54 bits per heavy atom. The molecule has 0 atom stereocenters. The topological polar surface area (TPSA) is 43.3 Å². The highest BCUT2D eigenvalue weighted by Crippen LogP contribution is 2.20. The zero-order valence-corrected chi connectivity index (χ0v) is 8.04. The molecule has 0 aliphatic heterocycles. The highest BCUT2D eigenvalue weighted by Gasteiger charge is 2.06. The minimum atomic E-state index is 0.634. The monoisotopic (exact) mass is 195 g/mol. The van der Waals surface area contributed by atoms with Crippen LogP contribution in [-0.4, -0.2) is 9.38 Å². The maximum Gasteiger partial charge on any atom is 0.138 e. The van der Waals surface area contributed by atoms with Crippen LogP contribution in [0, 0.1) is 0 Å². The summed E-state index contributed by atoms with van der Waals surface area (Å²) in [6, 6.07) is 3.71. The molecule has 68 valence electrons. The van der Waals surface area contributed by atoms with E-state index in [1.165, 1.54) is 0 Å². The fourth-order valence-electron chi connectivity index (χ4n) is 1.47. The summed E-state index contributed by atoms with van der Waals surface area (Å²) in [5.74, 6) is 0.634. The Hall–Kier alpha value is -1.22. The fraction of sp³-hybridized carbons (Fsp3) is 0.222. The summed E-state index contributed by atoms with van der Waals surface area (Å²) >= 11 is 6.03. The molecule has 2 aromatic rings. The molecular weight excluding hydrogens is 186 g/mol. The number of rotatable bonds is 1. The Balaban J connectivity index is 2.88. The van der Waals surface area contributed by atoms with Gasteiger partial charge in [-0.1, -0.05) is 18.5 Å². The number of nitrogen functional groups attached to an aromatic ring is 1. The number of imidazole rings is 1. The Morgan fingerprint density at radius 2 is 2.31 bits per heavy atom. The van der Waals surface area contributed by atoms with Gasteiger partial charge in [0, 0.05) is 5.69 Å². The number of nitrogens with two attached hydrogens (primary N) is 1. The molecule has 0 aromatic carbocycles. The van der Waals surface area contributed by atoms with Gasteiger partial charge in [-0.05, 0) is 18.6 Å². The first-order valence-electron chi connectivity index (χ1n) is 4.14. The number of anilines is 1. The van der Waals surface area contributed by atoms with E-state index in [2.05, 4.69) is 4.98 Å². The predicted octanol–water partition coefficient (Wildman–Crippen LogP) is 2.13. The van der Waals surface area contributed by atoms with Crippen LogP contribution >= 0.6 is 11.6 Å². The number of hydrogen-bond donors (Lipinski definition) is 1. The molecule has 0 saturated carbocycles. The third kappa shape index (κ3) is 1.16. The predicted molar refractivity (Wildman–Crippen MR) is 54.0 cm³/mol. The number of halogens is 1. The number of aromatic nitrogens is 2. The Labute approximate surface area is 81.1 Å². The van der Waals surface area contributed by atoms with Crippen LogP contribution in [0.5, 0.6) is 0 Å². The summed E-state index contributed by atoms with van der Waals surface area (Å²) < 4.78 is 1.88. The van der Waals surface area contributed by atoms with Gasteiger partial charge in [0.15, 0.2) is 0 Å². The van der Waals surface area contributed by atoms with E-state index in [1.54, 1.807) is 6.20 Å². The molecule has 2 aromatic heterocycles. The van der Waals surface area contributed by atoms with Crippen molar-refractivity contribution in [3.8, 4) is 0 Å². The number of fused-ring (bicyclic) bond motifs is 1.